The molecule has 0 saturated carbocycles. The van der Waals surface area contributed by atoms with E-state index in [9.17, 15) is 4.79 Å². The van der Waals surface area contributed by atoms with Crippen molar-refractivity contribution in [3.8, 4) is 5.75 Å². The van der Waals surface area contributed by atoms with Crippen LogP contribution in [0.2, 0.25) is 0 Å². The Morgan fingerprint density at radius 3 is 2.36 bits per heavy atom. The Hall–Kier alpha value is -2.49. The fraction of sp³-hybridized carbons (Fsp3) is 0.458. The Morgan fingerprint density at radius 2 is 1.71 bits per heavy atom. The summed E-state index contributed by atoms with van der Waals surface area (Å²) < 4.78 is 5.83. The van der Waals surface area contributed by atoms with Crippen LogP contribution < -0.4 is 15.0 Å². The summed E-state index contributed by atoms with van der Waals surface area (Å²) in [5, 5.41) is 3.06. The molecule has 0 unspecified atom stereocenters. The van der Waals surface area contributed by atoms with Gasteiger partial charge in [-0.2, -0.15) is 0 Å². The predicted molar refractivity (Wildman–Crippen MR) is 115 cm³/mol. The molecule has 1 aliphatic heterocycles. The molecular weight excluding hydrogens is 348 g/mol. The van der Waals surface area contributed by atoms with E-state index in [4.69, 9.17) is 4.74 Å². The van der Waals surface area contributed by atoms with Crippen LogP contribution in [0.5, 0.6) is 5.75 Å². The van der Waals surface area contributed by atoms with Crippen LogP contribution in [0.1, 0.15) is 50.8 Å². The number of ether oxygens (including phenoxy) is 1. The molecule has 28 heavy (non-hydrogen) atoms. The average molecular weight is 381 g/mol. The van der Waals surface area contributed by atoms with Gasteiger partial charge in [0.15, 0.2) is 6.10 Å². The quantitative estimate of drug-likeness (QED) is 0.777. The van der Waals surface area contributed by atoms with Gasteiger partial charge in [0.25, 0.3) is 5.91 Å². The lowest BCUT2D eigenvalue weighted by Crippen LogP contribution is -2.38. The van der Waals surface area contributed by atoms with E-state index < -0.39 is 6.10 Å². The highest BCUT2D eigenvalue weighted by Gasteiger charge is 2.19. The van der Waals surface area contributed by atoms with Gasteiger partial charge in [0.2, 0.25) is 0 Å². The standard InChI is InChI=1S/C24H32N2O2/c1-17-13-15-26(16-14-17)22-11-9-21(10-12-22)19(3)25-24(27)20(4)28-23-8-6-5-7-18(23)2/h5-12,17,19-20H,13-16H2,1-4H3,(H,25,27)/t19-,20-/m0/s1. The minimum atomic E-state index is -0.543. The summed E-state index contributed by atoms with van der Waals surface area (Å²) in [5.74, 6) is 1.47. The molecule has 1 amide bonds. The topological polar surface area (TPSA) is 41.6 Å². The third-order valence-corrected chi connectivity index (χ3v) is 5.67. The second-order valence-electron chi connectivity index (χ2n) is 8.02. The number of para-hydroxylation sites is 1. The van der Waals surface area contributed by atoms with Gasteiger partial charge < -0.3 is 15.0 Å². The SMILES string of the molecule is Cc1ccccc1O[C@@H](C)C(=O)N[C@@H](C)c1ccc(N2CCC(C)CC2)cc1. The van der Waals surface area contributed by atoms with Crippen molar-refractivity contribution in [1.82, 2.24) is 5.32 Å². The molecule has 1 aliphatic rings. The Morgan fingerprint density at radius 1 is 1.07 bits per heavy atom. The highest BCUT2D eigenvalue weighted by atomic mass is 16.5. The zero-order valence-corrected chi connectivity index (χ0v) is 17.4. The molecule has 0 aliphatic carbocycles. The first-order valence-electron chi connectivity index (χ1n) is 10.3. The number of nitrogens with one attached hydrogen (secondary N) is 1. The Labute approximate surface area is 168 Å². The molecule has 2 aromatic carbocycles. The van der Waals surface area contributed by atoms with Gasteiger partial charge in [0.05, 0.1) is 6.04 Å². The number of anilines is 1. The van der Waals surface area contributed by atoms with E-state index in [2.05, 4.69) is 41.4 Å². The molecule has 1 saturated heterocycles. The van der Waals surface area contributed by atoms with Gasteiger partial charge in [-0.3, -0.25) is 4.79 Å². The molecule has 1 N–H and O–H groups in total. The first kappa shape index (κ1) is 20.2. The molecule has 3 rings (SSSR count). The first-order chi connectivity index (χ1) is 13.4. The lowest BCUT2D eigenvalue weighted by atomic mass is 9.98. The van der Waals surface area contributed by atoms with Crippen LogP contribution in [0.3, 0.4) is 0 Å². The number of carbonyl (C=O) groups excluding carboxylic acids is 1. The highest BCUT2D eigenvalue weighted by Crippen LogP contribution is 2.25. The van der Waals surface area contributed by atoms with Gasteiger partial charge in [-0.1, -0.05) is 37.3 Å². The van der Waals surface area contributed by atoms with E-state index in [1.54, 1.807) is 6.92 Å². The molecule has 0 radical (unpaired) electrons. The van der Waals surface area contributed by atoms with Gasteiger partial charge in [0.1, 0.15) is 5.75 Å². The number of aryl methyl sites for hydroxylation is 1. The lowest BCUT2D eigenvalue weighted by molar-refractivity contribution is -0.127. The number of piperidine rings is 1. The molecule has 4 nitrogen and oxygen atoms in total. The first-order valence-corrected chi connectivity index (χ1v) is 10.3. The van der Waals surface area contributed by atoms with Crippen molar-refractivity contribution in [3.63, 3.8) is 0 Å². The van der Waals surface area contributed by atoms with Crippen molar-refractivity contribution < 1.29 is 9.53 Å². The van der Waals surface area contributed by atoms with E-state index in [1.165, 1.54) is 18.5 Å². The van der Waals surface area contributed by atoms with E-state index in [1.807, 2.05) is 38.1 Å². The third kappa shape index (κ3) is 5.06. The van der Waals surface area contributed by atoms with Crippen LogP contribution in [0.4, 0.5) is 5.69 Å². The molecule has 2 atom stereocenters. The summed E-state index contributed by atoms with van der Waals surface area (Å²) in [4.78, 5) is 15.0. The molecule has 1 fully saturated rings. The molecular formula is C24H32N2O2. The fourth-order valence-corrected chi connectivity index (χ4v) is 3.59. The van der Waals surface area contributed by atoms with Crippen LogP contribution >= 0.6 is 0 Å². The molecule has 0 aromatic heterocycles. The Bertz CT molecular complexity index is 779. The number of hydrogen-bond donors (Lipinski definition) is 1. The predicted octanol–water partition coefficient (Wildman–Crippen LogP) is 4.88. The van der Waals surface area contributed by atoms with Crippen molar-refractivity contribution in [2.24, 2.45) is 5.92 Å². The number of benzene rings is 2. The van der Waals surface area contributed by atoms with E-state index >= 15 is 0 Å². The summed E-state index contributed by atoms with van der Waals surface area (Å²) >= 11 is 0. The average Bonchev–Trinajstić information content (AvgIpc) is 2.70. The second-order valence-corrected chi connectivity index (χ2v) is 8.02. The maximum atomic E-state index is 12.5. The lowest BCUT2D eigenvalue weighted by Gasteiger charge is -2.32. The number of amides is 1. The monoisotopic (exact) mass is 380 g/mol. The summed E-state index contributed by atoms with van der Waals surface area (Å²) in [6, 6.07) is 16.3. The summed E-state index contributed by atoms with van der Waals surface area (Å²) in [6.45, 7) is 10.4. The van der Waals surface area contributed by atoms with Gasteiger partial charge in [-0.15, -0.1) is 0 Å². The Kier molecular flexibility index (Phi) is 6.61. The fourth-order valence-electron chi connectivity index (χ4n) is 3.59. The molecule has 0 bridgehead atoms. The maximum absolute atomic E-state index is 12.5. The van der Waals surface area contributed by atoms with Crippen molar-refractivity contribution in [1.29, 1.82) is 0 Å². The second kappa shape index (κ2) is 9.13. The third-order valence-electron chi connectivity index (χ3n) is 5.67. The normalized spacial score (nSPS) is 17.1. The molecule has 1 heterocycles. The largest absolute Gasteiger partial charge is 0.481 e. The van der Waals surface area contributed by atoms with Gasteiger partial charge >= 0.3 is 0 Å². The van der Waals surface area contributed by atoms with E-state index in [0.29, 0.717) is 0 Å². The van der Waals surface area contributed by atoms with Crippen molar-refractivity contribution in [3.05, 3.63) is 59.7 Å². The van der Waals surface area contributed by atoms with E-state index in [-0.39, 0.29) is 11.9 Å². The van der Waals surface area contributed by atoms with Crippen molar-refractivity contribution in [2.45, 2.75) is 52.7 Å². The molecule has 2 aromatic rings. The molecule has 4 heteroatoms. The number of nitrogens with zero attached hydrogens (tertiary/aromatic N) is 1. The van der Waals surface area contributed by atoms with Gasteiger partial charge in [-0.05, 0) is 68.9 Å². The van der Waals surface area contributed by atoms with Gasteiger partial charge in [-0.25, -0.2) is 0 Å². The van der Waals surface area contributed by atoms with Crippen LogP contribution in [-0.2, 0) is 4.79 Å². The smallest absolute Gasteiger partial charge is 0.261 e. The number of carbonyl (C=O) groups is 1. The minimum Gasteiger partial charge on any atom is -0.481 e. The zero-order chi connectivity index (χ0) is 20.1. The maximum Gasteiger partial charge on any atom is 0.261 e. The summed E-state index contributed by atoms with van der Waals surface area (Å²) in [7, 11) is 0. The number of hydrogen-bond acceptors (Lipinski definition) is 3. The number of rotatable bonds is 6. The van der Waals surface area contributed by atoms with Crippen molar-refractivity contribution >= 4 is 11.6 Å². The van der Waals surface area contributed by atoms with Gasteiger partial charge in [0, 0.05) is 18.8 Å². The Balaban J connectivity index is 1.55. The highest BCUT2D eigenvalue weighted by molar-refractivity contribution is 5.81. The van der Waals surface area contributed by atoms with Crippen LogP contribution in [0, 0.1) is 12.8 Å². The molecule has 150 valence electrons. The molecule has 0 spiro atoms. The van der Waals surface area contributed by atoms with Crippen LogP contribution in [-0.4, -0.2) is 25.1 Å². The summed E-state index contributed by atoms with van der Waals surface area (Å²) in [5.41, 5.74) is 3.40. The zero-order valence-electron chi connectivity index (χ0n) is 17.4. The van der Waals surface area contributed by atoms with Crippen LogP contribution in [0.25, 0.3) is 0 Å². The van der Waals surface area contributed by atoms with Crippen molar-refractivity contribution in [2.75, 3.05) is 18.0 Å². The van der Waals surface area contributed by atoms with Crippen LogP contribution in [0.15, 0.2) is 48.5 Å². The minimum absolute atomic E-state index is 0.0640. The summed E-state index contributed by atoms with van der Waals surface area (Å²) in [6.07, 6.45) is 1.97. The van der Waals surface area contributed by atoms with E-state index in [0.717, 1.165) is 35.9 Å².